The van der Waals surface area contributed by atoms with E-state index < -0.39 is 0 Å². The van der Waals surface area contributed by atoms with E-state index in [1.807, 2.05) is 12.1 Å². The Kier molecular flexibility index (Phi) is 1.70. The lowest BCUT2D eigenvalue weighted by Crippen LogP contribution is -2.26. The number of pyridine rings is 1. The molecule has 1 aliphatic carbocycles. The molecule has 1 unspecified atom stereocenters. The summed E-state index contributed by atoms with van der Waals surface area (Å²) in [5.74, 6) is 0. The molecule has 1 aromatic heterocycles. The average molecular weight is 197 g/mol. The van der Waals surface area contributed by atoms with Crippen LogP contribution in [0.1, 0.15) is 26.0 Å². The number of nitrogens with zero attached hydrogens (tertiary/aromatic N) is 1. The Bertz CT molecular complexity index is 349. The molecule has 2 nitrogen and oxygen atoms in total. The zero-order valence-corrected chi connectivity index (χ0v) is 8.60. The first-order valence-electron chi connectivity index (χ1n) is 4.38. The number of nitrogens with two attached hydrogens (primary N) is 1. The van der Waals surface area contributed by atoms with Crippen molar-refractivity contribution in [2.24, 2.45) is 11.1 Å². The smallest absolute Gasteiger partial charge is 0.129 e. The predicted octanol–water partition coefficient (Wildman–Crippen LogP) is 2.32. The molecule has 0 radical (unpaired) electrons. The van der Waals surface area contributed by atoms with Gasteiger partial charge in [0.1, 0.15) is 5.15 Å². The van der Waals surface area contributed by atoms with Crippen LogP contribution in [0.2, 0.25) is 5.15 Å². The number of rotatable bonds is 1. The van der Waals surface area contributed by atoms with Gasteiger partial charge in [0.2, 0.25) is 0 Å². The number of hydrogen-bond acceptors (Lipinski definition) is 2. The van der Waals surface area contributed by atoms with Crippen LogP contribution in [0, 0.1) is 5.41 Å². The SMILES string of the molecule is CC1(C)CC1(N)c1cccc(Cl)n1. The third kappa shape index (κ3) is 1.25. The van der Waals surface area contributed by atoms with Gasteiger partial charge >= 0.3 is 0 Å². The first-order valence-corrected chi connectivity index (χ1v) is 4.75. The first kappa shape index (κ1) is 8.97. The van der Waals surface area contributed by atoms with Crippen molar-refractivity contribution in [1.29, 1.82) is 0 Å². The Balaban J connectivity index is 2.38. The van der Waals surface area contributed by atoms with Crippen LogP contribution in [-0.2, 0) is 5.54 Å². The number of aromatic nitrogens is 1. The maximum Gasteiger partial charge on any atom is 0.129 e. The van der Waals surface area contributed by atoms with Gasteiger partial charge in [0, 0.05) is 0 Å². The maximum atomic E-state index is 6.19. The summed E-state index contributed by atoms with van der Waals surface area (Å²) in [5.41, 5.74) is 6.99. The molecule has 0 spiro atoms. The lowest BCUT2D eigenvalue weighted by atomic mass is 10.0. The van der Waals surface area contributed by atoms with Gasteiger partial charge in [-0.25, -0.2) is 4.98 Å². The van der Waals surface area contributed by atoms with Gasteiger partial charge in [-0.05, 0) is 24.0 Å². The quantitative estimate of drug-likeness (QED) is 0.701. The zero-order chi connectivity index (χ0) is 9.69. The van der Waals surface area contributed by atoms with E-state index in [2.05, 4.69) is 18.8 Å². The minimum atomic E-state index is -0.266. The summed E-state index contributed by atoms with van der Waals surface area (Å²) < 4.78 is 0. The molecule has 2 rings (SSSR count). The van der Waals surface area contributed by atoms with E-state index in [9.17, 15) is 0 Å². The third-order valence-electron chi connectivity index (χ3n) is 2.98. The van der Waals surface area contributed by atoms with Crippen molar-refractivity contribution in [2.45, 2.75) is 25.8 Å². The van der Waals surface area contributed by atoms with E-state index in [0.29, 0.717) is 5.15 Å². The number of halogens is 1. The van der Waals surface area contributed by atoms with Crippen LogP contribution in [0.3, 0.4) is 0 Å². The fraction of sp³-hybridized carbons (Fsp3) is 0.500. The van der Waals surface area contributed by atoms with Crippen molar-refractivity contribution in [3.63, 3.8) is 0 Å². The van der Waals surface area contributed by atoms with Crippen LogP contribution in [0.25, 0.3) is 0 Å². The Labute approximate surface area is 83.1 Å². The van der Waals surface area contributed by atoms with E-state index in [1.54, 1.807) is 6.07 Å². The van der Waals surface area contributed by atoms with Crippen molar-refractivity contribution >= 4 is 11.6 Å². The summed E-state index contributed by atoms with van der Waals surface area (Å²) >= 11 is 5.81. The van der Waals surface area contributed by atoms with Gasteiger partial charge in [-0.15, -0.1) is 0 Å². The molecule has 1 saturated carbocycles. The molecule has 0 aromatic carbocycles. The van der Waals surface area contributed by atoms with Crippen LogP contribution in [0.5, 0.6) is 0 Å². The van der Waals surface area contributed by atoms with E-state index in [-0.39, 0.29) is 11.0 Å². The van der Waals surface area contributed by atoms with Gasteiger partial charge in [-0.1, -0.05) is 31.5 Å². The van der Waals surface area contributed by atoms with Crippen molar-refractivity contribution < 1.29 is 0 Å². The molecule has 1 atom stereocenters. The lowest BCUT2D eigenvalue weighted by molar-refractivity contribution is 0.500. The molecule has 13 heavy (non-hydrogen) atoms. The lowest BCUT2D eigenvalue weighted by Gasteiger charge is -2.13. The van der Waals surface area contributed by atoms with Gasteiger partial charge in [0.05, 0.1) is 11.2 Å². The van der Waals surface area contributed by atoms with E-state index in [0.717, 1.165) is 12.1 Å². The molecule has 2 N–H and O–H groups in total. The van der Waals surface area contributed by atoms with Crippen molar-refractivity contribution in [1.82, 2.24) is 4.98 Å². The normalized spacial score (nSPS) is 30.2. The zero-order valence-electron chi connectivity index (χ0n) is 7.84. The third-order valence-corrected chi connectivity index (χ3v) is 3.19. The van der Waals surface area contributed by atoms with Crippen LogP contribution in [0.4, 0.5) is 0 Å². The number of hydrogen-bond donors (Lipinski definition) is 1. The van der Waals surface area contributed by atoms with Gasteiger partial charge in [0.15, 0.2) is 0 Å². The fourth-order valence-corrected chi connectivity index (χ4v) is 1.91. The minimum Gasteiger partial charge on any atom is -0.320 e. The molecule has 3 heteroatoms. The average Bonchev–Trinajstić information content (AvgIpc) is 2.53. The second kappa shape index (κ2) is 2.46. The highest BCUT2D eigenvalue weighted by Gasteiger charge is 2.60. The Morgan fingerprint density at radius 2 is 2.08 bits per heavy atom. The van der Waals surface area contributed by atoms with Crippen molar-refractivity contribution in [3.05, 3.63) is 29.0 Å². The molecule has 1 aromatic rings. The van der Waals surface area contributed by atoms with Crippen LogP contribution in [-0.4, -0.2) is 4.98 Å². The Hall–Kier alpha value is -0.600. The molecule has 1 heterocycles. The molecule has 0 amide bonds. The summed E-state index contributed by atoms with van der Waals surface area (Å²) in [7, 11) is 0. The molecule has 1 aliphatic rings. The predicted molar refractivity (Wildman–Crippen MR) is 53.5 cm³/mol. The van der Waals surface area contributed by atoms with E-state index in [4.69, 9.17) is 17.3 Å². The Morgan fingerprint density at radius 1 is 1.46 bits per heavy atom. The molecular weight excluding hydrogens is 184 g/mol. The first-order chi connectivity index (χ1) is 5.96. The van der Waals surface area contributed by atoms with Crippen LogP contribution < -0.4 is 5.73 Å². The summed E-state index contributed by atoms with van der Waals surface area (Å²) in [6, 6.07) is 5.61. The monoisotopic (exact) mass is 196 g/mol. The van der Waals surface area contributed by atoms with Gasteiger partial charge < -0.3 is 5.73 Å². The highest BCUT2D eigenvalue weighted by molar-refractivity contribution is 6.29. The largest absolute Gasteiger partial charge is 0.320 e. The van der Waals surface area contributed by atoms with Crippen molar-refractivity contribution in [3.8, 4) is 0 Å². The molecule has 1 fully saturated rings. The summed E-state index contributed by atoms with van der Waals surface area (Å²) in [6.45, 7) is 4.30. The minimum absolute atomic E-state index is 0.157. The topological polar surface area (TPSA) is 38.9 Å². The fourth-order valence-electron chi connectivity index (χ4n) is 1.75. The molecule has 0 saturated heterocycles. The van der Waals surface area contributed by atoms with Gasteiger partial charge in [0.25, 0.3) is 0 Å². The van der Waals surface area contributed by atoms with E-state index in [1.165, 1.54) is 0 Å². The second-order valence-electron chi connectivity index (χ2n) is 4.38. The van der Waals surface area contributed by atoms with Crippen LogP contribution >= 0.6 is 11.6 Å². The van der Waals surface area contributed by atoms with Crippen LogP contribution in [0.15, 0.2) is 18.2 Å². The Morgan fingerprint density at radius 3 is 2.54 bits per heavy atom. The molecule has 0 bridgehead atoms. The summed E-state index contributed by atoms with van der Waals surface area (Å²) in [6.07, 6.45) is 0.980. The van der Waals surface area contributed by atoms with Gasteiger partial charge in [-0.3, -0.25) is 0 Å². The summed E-state index contributed by atoms with van der Waals surface area (Å²) in [5, 5.41) is 0.519. The molecular formula is C10H13ClN2. The molecule has 70 valence electrons. The highest BCUT2D eigenvalue weighted by atomic mass is 35.5. The maximum absolute atomic E-state index is 6.19. The standard InChI is InChI=1S/C10H13ClN2/c1-9(2)6-10(9,12)7-4-3-5-8(11)13-7/h3-5H,6,12H2,1-2H3. The highest BCUT2D eigenvalue weighted by Crippen LogP contribution is 2.59. The van der Waals surface area contributed by atoms with Gasteiger partial charge in [-0.2, -0.15) is 0 Å². The second-order valence-corrected chi connectivity index (χ2v) is 4.76. The van der Waals surface area contributed by atoms with Crippen molar-refractivity contribution in [2.75, 3.05) is 0 Å². The molecule has 0 aliphatic heterocycles. The summed E-state index contributed by atoms with van der Waals surface area (Å²) in [4.78, 5) is 4.24. The van der Waals surface area contributed by atoms with E-state index >= 15 is 0 Å².